The molecule has 1 atom stereocenters. The number of benzene rings is 1. The molecule has 4 N–H and O–H groups in total. The quantitative estimate of drug-likeness (QED) is 0.713. The first-order valence-corrected chi connectivity index (χ1v) is 7.48. The lowest BCUT2D eigenvalue weighted by atomic mass is 10.1. The van der Waals surface area contributed by atoms with E-state index in [0.717, 1.165) is 5.56 Å². The number of nitrogens with one attached hydrogen (secondary N) is 2. The molecular weight excluding hydrogens is 280 g/mol. The molecule has 0 saturated carbocycles. The van der Waals surface area contributed by atoms with Crippen LogP contribution in [-0.2, 0) is 16.6 Å². The Bertz CT molecular complexity index is 683. The predicted octanol–water partition coefficient (Wildman–Crippen LogP) is 0.00632. The van der Waals surface area contributed by atoms with Crippen molar-refractivity contribution in [1.29, 1.82) is 0 Å². The van der Waals surface area contributed by atoms with Gasteiger partial charge in [0.05, 0.1) is 10.9 Å². The van der Waals surface area contributed by atoms with Crippen LogP contribution >= 0.6 is 0 Å². The van der Waals surface area contributed by atoms with Gasteiger partial charge in [0, 0.05) is 6.54 Å². The van der Waals surface area contributed by atoms with Crippen LogP contribution < -0.4 is 10.5 Å². The molecule has 0 aliphatic carbocycles. The van der Waals surface area contributed by atoms with Crippen LogP contribution in [0.25, 0.3) is 0 Å². The van der Waals surface area contributed by atoms with Gasteiger partial charge in [-0.2, -0.15) is 5.21 Å². The van der Waals surface area contributed by atoms with Gasteiger partial charge >= 0.3 is 0 Å². The van der Waals surface area contributed by atoms with Gasteiger partial charge in [-0.25, -0.2) is 13.1 Å². The van der Waals surface area contributed by atoms with E-state index in [1.54, 1.807) is 32.0 Å². The Balaban J connectivity index is 2.31. The summed E-state index contributed by atoms with van der Waals surface area (Å²) in [6, 6.07) is 4.43. The molecule has 0 saturated heterocycles. The van der Waals surface area contributed by atoms with Crippen molar-refractivity contribution < 1.29 is 8.42 Å². The van der Waals surface area contributed by atoms with Crippen LogP contribution in [0.4, 0.5) is 0 Å². The third-order valence-electron chi connectivity index (χ3n) is 2.99. The van der Waals surface area contributed by atoms with Gasteiger partial charge in [0.2, 0.25) is 10.0 Å². The Morgan fingerprint density at radius 2 is 2.20 bits per heavy atom. The predicted molar refractivity (Wildman–Crippen MR) is 72.0 cm³/mol. The monoisotopic (exact) mass is 296 g/mol. The lowest BCUT2D eigenvalue weighted by Gasteiger charge is -2.14. The molecule has 0 spiro atoms. The zero-order valence-electron chi connectivity index (χ0n) is 11.2. The maximum absolute atomic E-state index is 12.4. The highest BCUT2D eigenvalue weighted by molar-refractivity contribution is 7.89. The van der Waals surface area contributed by atoms with E-state index in [4.69, 9.17) is 5.73 Å². The van der Waals surface area contributed by atoms with Crippen molar-refractivity contribution in [2.75, 3.05) is 0 Å². The Morgan fingerprint density at radius 3 is 2.80 bits per heavy atom. The first-order chi connectivity index (χ1) is 9.45. The minimum Gasteiger partial charge on any atom is -0.326 e. The van der Waals surface area contributed by atoms with Crippen molar-refractivity contribution in [3.63, 3.8) is 0 Å². The van der Waals surface area contributed by atoms with Crippen molar-refractivity contribution in [1.82, 2.24) is 25.3 Å². The molecule has 1 heterocycles. The van der Waals surface area contributed by atoms with Crippen molar-refractivity contribution in [2.45, 2.75) is 31.3 Å². The number of sulfonamides is 1. The van der Waals surface area contributed by atoms with Crippen molar-refractivity contribution in [3.05, 3.63) is 35.2 Å². The molecule has 0 aliphatic heterocycles. The second kappa shape index (κ2) is 5.65. The Morgan fingerprint density at radius 1 is 1.45 bits per heavy atom. The van der Waals surface area contributed by atoms with Crippen LogP contribution in [0.2, 0.25) is 0 Å². The van der Waals surface area contributed by atoms with E-state index in [1.807, 2.05) is 0 Å². The number of aromatic nitrogens is 4. The number of nitrogens with two attached hydrogens (primary N) is 1. The van der Waals surface area contributed by atoms with E-state index in [1.165, 1.54) is 0 Å². The largest absolute Gasteiger partial charge is 0.326 e. The summed E-state index contributed by atoms with van der Waals surface area (Å²) in [5, 5.41) is 13.2. The topological polar surface area (TPSA) is 127 Å². The van der Waals surface area contributed by atoms with E-state index >= 15 is 0 Å². The van der Waals surface area contributed by atoms with Gasteiger partial charge in [-0.05, 0) is 31.0 Å². The first-order valence-electron chi connectivity index (χ1n) is 6.00. The van der Waals surface area contributed by atoms with Crippen LogP contribution in [0.5, 0.6) is 0 Å². The lowest BCUT2D eigenvalue weighted by Crippen LogP contribution is -2.28. The van der Waals surface area contributed by atoms with Gasteiger partial charge in [0.25, 0.3) is 0 Å². The fourth-order valence-electron chi connectivity index (χ4n) is 1.87. The summed E-state index contributed by atoms with van der Waals surface area (Å²) in [5.74, 6) is 0.279. The summed E-state index contributed by atoms with van der Waals surface area (Å²) < 4.78 is 27.3. The van der Waals surface area contributed by atoms with Crippen LogP contribution in [0.1, 0.15) is 29.9 Å². The summed E-state index contributed by atoms with van der Waals surface area (Å²) >= 11 is 0. The highest BCUT2D eigenvalue weighted by atomic mass is 32.2. The fourth-order valence-corrected chi connectivity index (χ4v) is 3.36. The van der Waals surface area contributed by atoms with Crippen LogP contribution in [0.15, 0.2) is 23.1 Å². The molecule has 0 bridgehead atoms. The molecule has 1 aromatic heterocycles. The lowest BCUT2D eigenvalue weighted by molar-refractivity contribution is 0.559. The van der Waals surface area contributed by atoms with Gasteiger partial charge < -0.3 is 5.73 Å². The number of hydrogen-bond donors (Lipinski definition) is 3. The SMILES string of the molecule is Cc1c(CN)cccc1S(=O)(=O)NC(C)c1nn[nH]n1. The Kier molecular flexibility index (Phi) is 4.12. The summed E-state index contributed by atoms with van der Waals surface area (Å²) in [5.41, 5.74) is 7.03. The second-order valence-electron chi connectivity index (χ2n) is 4.36. The van der Waals surface area contributed by atoms with E-state index in [9.17, 15) is 8.42 Å². The van der Waals surface area contributed by atoms with Gasteiger partial charge in [-0.1, -0.05) is 17.3 Å². The molecule has 108 valence electrons. The summed E-state index contributed by atoms with van der Waals surface area (Å²) in [6.45, 7) is 3.66. The maximum atomic E-state index is 12.4. The van der Waals surface area contributed by atoms with E-state index in [2.05, 4.69) is 25.3 Å². The molecule has 1 aromatic carbocycles. The molecule has 1 unspecified atom stereocenters. The average molecular weight is 296 g/mol. The summed E-state index contributed by atoms with van der Waals surface area (Å²) in [7, 11) is -3.68. The highest BCUT2D eigenvalue weighted by Gasteiger charge is 2.23. The number of aromatic amines is 1. The van der Waals surface area contributed by atoms with Crippen molar-refractivity contribution in [2.24, 2.45) is 5.73 Å². The van der Waals surface area contributed by atoms with E-state index in [0.29, 0.717) is 5.56 Å². The van der Waals surface area contributed by atoms with Gasteiger partial charge in [-0.15, -0.1) is 10.2 Å². The van der Waals surface area contributed by atoms with Gasteiger partial charge in [0.1, 0.15) is 0 Å². The minimum atomic E-state index is -3.68. The average Bonchev–Trinajstić information content (AvgIpc) is 2.92. The molecule has 2 aromatic rings. The fraction of sp³-hybridized carbons (Fsp3) is 0.364. The van der Waals surface area contributed by atoms with Crippen molar-refractivity contribution in [3.8, 4) is 0 Å². The molecule has 20 heavy (non-hydrogen) atoms. The number of tetrazole rings is 1. The first kappa shape index (κ1) is 14.6. The maximum Gasteiger partial charge on any atom is 0.241 e. The molecule has 2 rings (SSSR count). The number of nitrogens with zero attached hydrogens (tertiary/aromatic N) is 3. The zero-order chi connectivity index (χ0) is 14.8. The molecule has 0 fully saturated rings. The third-order valence-corrected chi connectivity index (χ3v) is 4.67. The second-order valence-corrected chi connectivity index (χ2v) is 6.04. The van der Waals surface area contributed by atoms with Crippen molar-refractivity contribution >= 4 is 10.0 Å². The molecule has 8 nitrogen and oxygen atoms in total. The van der Waals surface area contributed by atoms with Gasteiger partial charge in [0.15, 0.2) is 5.82 Å². The number of rotatable bonds is 5. The standard InChI is InChI=1S/C11H16N6O2S/c1-7-9(6-12)4-3-5-10(7)20(18,19)15-8(2)11-13-16-17-14-11/h3-5,8,15H,6,12H2,1-2H3,(H,13,14,16,17). The molecular formula is C11H16N6O2S. The third kappa shape index (κ3) is 2.84. The Labute approximate surface area is 116 Å². The summed E-state index contributed by atoms with van der Waals surface area (Å²) in [6.07, 6.45) is 0. The van der Waals surface area contributed by atoms with E-state index in [-0.39, 0.29) is 17.3 Å². The van der Waals surface area contributed by atoms with E-state index < -0.39 is 16.1 Å². The number of hydrogen-bond acceptors (Lipinski definition) is 6. The molecule has 9 heteroatoms. The van der Waals surface area contributed by atoms with Gasteiger partial charge in [-0.3, -0.25) is 0 Å². The van der Waals surface area contributed by atoms with Crippen LogP contribution in [-0.4, -0.2) is 29.0 Å². The number of H-pyrrole nitrogens is 1. The molecule has 0 radical (unpaired) electrons. The highest BCUT2D eigenvalue weighted by Crippen LogP contribution is 2.20. The molecule has 0 aliphatic rings. The zero-order valence-corrected chi connectivity index (χ0v) is 12.0. The van der Waals surface area contributed by atoms with Crippen LogP contribution in [0.3, 0.4) is 0 Å². The smallest absolute Gasteiger partial charge is 0.241 e. The Hall–Kier alpha value is -1.84. The minimum absolute atomic E-state index is 0.204. The summed E-state index contributed by atoms with van der Waals surface area (Å²) in [4.78, 5) is 0.204. The molecule has 0 amide bonds. The van der Waals surface area contributed by atoms with Crippen LogP contribution in [0, 0.1) is 6.92 Å². The normalized spacial score (nSPS) is 13.3.